The van der Waals surface area contributed by atoms with Gasteiger partial charge in [-0.15, -0.1) is 0 Å². The summed E-state index contributed by atoms with van der Waals surface area (Å²) in [6.45, 7) is 0. The number of carbonyl (C=O) groups excluding carboxylic acids is 2. The van der Waals surface area contributed by atoms with Crippen molar-refractivity contribution in [3.05, 3.63) is 89.0 Å². The highest BCUT2D eigenvalue weighted by Gasteiger charge is 2.47. The fourth-order valence-electron chi connectivity index (χ4n) is 4.20. The Labute approximate surface area is 210 Å². The SMILES string of the molecule is COc1cccc(C2/C(=C(\O)c3cc(OC)ccc3OC)C(=O)C(=O)N2c2cccc(C(F)(F)F)c2)c1. The summed E-state index contributed by atoms with van der Waals surface area (Å²) in [5.74, 6) is -1.84. The van der Waals surface area contributed by atoms with Crippen LogP contribution in [-0.4, -0.2) is 38.1 Å². The van der Waals surface area contributed by atoms with Crippen molar-refractivity contribution in [2.45, 2.75) is 12.2 Å². The lowest BCUT2D eigenvalue weighted by Gasteiger charge is -2.26. The smallest absolute Gasteiger partial charge is 0.416 e. The molecular weight excluding hydrogens is 491 g/mol. The lowest BCUT2D eigenvalue weighted by molar-refractivity contribution is -0.137. The number of ketones is 1. The highest BCUT2D eigenvalue weighted by Crippen LogP contribution is 2.45. The van der Waals surface area contributed by atoms with Crippen LogP contribution in [0.1, 0.15) is 22.7 Å². The number of aliphatic hydroxyl groups is 1. The predicted molar refractivity (Wildman–Crippen MR) is 129 cm³/mol. The number of benzene rings is 3. The van der Waals surface area contributed by atoms with Crippen LogP contribution in [0, 0.1) is 0 Å². The van der Waals surface area contributed by atoms with E-state index in [2.05, 4.69) is 0 Å². The molecule has 3 aromatic rings. The van der Waals surface area contributed by atoms with E-state index in [1.165, 1.54) is 45.6 Å². The number of amides is 1. The molecule has 1 N–H and O–H groups in total. The van der Waals surface area contributed by atoms with Crippen molar-refractivity contribution in [1.82, 2.24) is 0 Å². The summed E-state index contributed by atoms with van der Waals surface area (Å²) < 4.78 is 56.2. The van der Waals surface area contributed by atoms with Crippen LogP contribution in [0.5, 0.6) is 17.2 Å². The van der Waals surface area contributed by atoms with Crippen LogP contribution in [0.4, 0.5) is 18.9 Å². The Bertz CT molecular complexity index is 1400. The standard InChI is InChI=1S/C27H22F3NO6/c1-35-18-9-4-6-15(12-18)23-22(24(32)20-14-19(36-2)10-11-21(20)37-3)25(33)26(34)31(23)17-8-5-7-16(13-17)27(28,29)30/h4-14,23,32H,1-3H3/b24-22+. The number of carbonyl (C=O) groups is 2. The number of aliphatic hydroxyl groups excluding tert-OH is 1. The van der Waals surface area contributed by atoms with Crippen molar-refractivity contribution in [2.75, 3.05) is 26.2 Å². The lowest BCUT2D eigenvalue weighted by atomic mass is 9.94. The minimum absolute atomic E-state index is 0.0665. The van der Waals surface area contributed by atoms with Gasteiger partial charge in [-0.25, -0.2) is 0 Å². The Kier molecular flexibility index (Phi) is 6.84. The second kappa shape index (κ2) is 9.88. The summed E-state index contributed by atoms with van der Waals surface area (Å²) in [5.41, 5.74) is -1.09. The quantitative estimate of drug-likeness (QED) is 0.272. The summed E-state index contributed by atoms with van der Waals surface area (Å²) in [7, 11) is 4.19. The van der Waals surface area contributed by atoms with Gasteiger partial charge in [-0.05, 0) is 54.1 Å². The van der Waals surface area contributed by atoms with Crippen LogP contribution in [-0.2, 0) is 15.8 Å². The van der Waals surface area contributed by atoms with Gasteiger partial charge in [-0.2, -0.15) is 13.2 Å². The first kappa shape index (κ1) is 25.6. The highest BCUT2D eigenvalue weighted by molar-refractivity contribution is 6.51. The predicted octanol–water partition coefficient (Wildman–Crippen LogP) is 5.36. The van der Waals surface area contributed by atoms with Gasteiger partial charge >= 0.3 is 6.18 Å². The van der Waals surface area contributed by atoms with E-state index >= 15 is 0 Å². The van der Waals surface area contributed by atoms with Crippen molar-refractivity contribution in [2.24, 2.45) is 0 Å². The first-order valence-corrected chi connectivity index (χ1v) is 10.9. The van der Waals surface area contributed by atoms with E-state index in [1.54, 1.807) is 24.3 Å². The van der Waals surface area contributed by atoms with Crippen LogP contribution < -0.4 is 19.1 Å². The summed E-state index contributed by atoms with van der Waals surface area (Å²) in [4.78, 5) is 27.6. The van der Waals surface area contributed by atoms with Gasteiger partial charge in [0.25, 0.3) is 11.7 Å². The fourth-order valence-corrected chi connectivity index (χ4v) is 4.20. The van der Waals surface area contributed by atoms with E-state index in [9.17, 15) is 27.9 Å². The molecule has 192 valence electrons. The Morgan fingerprint density at radius 3 is 2.19 bits per heavy atom. The van der Waals surface area contributed by atoms with Crippen molar-refractivity contribution in [3.8, 4) is 17.2 Å². The van der Waals surface area contributed by atoms with Crippen molar-refractivity contribution < 1.29 is 42.1 Å². The number of nitrogens with zero attached hydrogens (tertiary/aromatic N) is 1. The van der Waals surface area contributed by atoms with E-state index in [0.29, 0.717) is 17.1 Å². The van der Waals surface area contributed by atoms with Crippen LogP contribution in [0.3, 0.4) is 0 Å². The summed E-state index contributed by atoms with van der Waals surface area (Å²) in [6.07, 6.45) is -4.68. The third kappa shape index (κ3) is 4.69. The molecule has 1 amide bonds. The molecule has 3 aromatic carbocycles. The van der Waals surface area contributed by atoms with Gasteiger partial charge in [0, 0.05) is 5.69 Å². The van der Waals surface area contributed by atoms with Gasteiger partial charge < -0.3 is 19.3 Å². The summed E-state index contributed by atoms with van der Waals surface area (Å²) in [6, 6.07) is 13.7. The summed E-state index contributed by atoms with van der Waals surface area (Å²) >= 11 is 0. The molecule has 0 radical (unpaired) electrons. The average molecular weight is 513 g/mol. The number of Topliss-reactive ketones (excluding diaryl/α,β-unsaturated/α-hetero) is 1. The number of ether oxygens (including phenoxy) is 3. The summed E-state index contributed by atoms with van der Waals surface area (Å²) in [5, 5.41) is 11.4. The van der Waals surface area contributed by atoms with Gasteiger partial charge in [0.05, 0.1) is 44.1 Å². The molecule has 37 heavy (non-hydrogen) atoms. The van der Waals surface area contributed by atoms with Gasteiger partial charge in [0.15, 0.2) is 0 Å². The first-order valence-electron chi connectivity index (χ1n) is 10.9. The molecule has 1 aliphatic heterocycles. The zero-order valence-corrected chi connectivity index (χ0v) is 20.0. The lowest BCUT2D eigenvalue weighted by Crippen LogP contribution is -2.29. The monoisotopic (exact) mass is 513 g/mol. The number of rotatable bonds is 6. The molecule has 4 rings (SSSR count). The van der Waals surface area contributed by atoms with E-state index in [-0.39, 0.29) is 22.6 Å². The zero-order chi connectivity index (χ0) is 26.9. The van der Waals surface area contributed by atoms with E-state index in [1.807, 2.05) is 0 Å². The van der Waals surface area contributed by atoms with Gasteiger partial charge in [-0.3, -0.25) is 14.5 Å². The maximum absolute atomic E-state index is 13.5. The molecule has 1 unspecified atom stereocenters. The van der Waals surface area contributed by atoms with E-state index in [4.69, 9.17) is 14.2 Å². The molecule has 7 nitrogen and oxygen atoms in total. The van der Waals surface area contributed by atoms with Gasteiger partial charge in [0.2, 0.25) is 0 Å². The van der Waals surface area contributed by atoms with E-state index in [0.717, 1.165) is 23.1 Å². The number of hydrogen-bond donors (Lipinski definition) is 1. The van der Waals surface area contributed by atoms with Crippen molar-refractivity contribution in [1.29, 1.82) is 0 Å². The van der Waals surface area contributed by atoms with Crippen LogP contribution in [0.15, 0.2) is 72.3 Å². The molecule has 0 aliphatic carbocycles. The highest BCUT2D eigenvalue weighted by atomic mass is 19.4. The second-order valence-electron chi connectivity index (χ2n) is 8.06. The molecule has 1 saturated heterocycles. The molecule has 0 bridgehead atoms. The number of hydrogen-bond acceptors (Lipinski definition) is 6. The second-order valence-corrected chi connectivity index (χ2v) is 8.06. The van der Waals surface area contributed by atoms with Crippen molar-refractivity contribution in [3.63, 3.8) is 0 Å². The van der Waals surface area contributed by atoms with E-state index < -0.39 is 35.2 Å². The minimum Gasteiger partial charge on any atom is -0.507 e. The Balaban J connectivity index is 2.00. The number of anilines is 1. The number of methoxy groups -OCH3 is 3. The Morgan fingerprint density at radius 2 is 1.54 bits per heavy atom. The normalized spacial score (nSPS) is 17.1. The minimum atomic E-state index is -4.68. The maximum atomic E-state index is 13.5. The first-order chi connectivity index (χ1) is 17.6. The molecule has 1 aliphatic rings. The van der Waals surface area contributed by atoms with Crippen LogP contribution in [0.2, 0.25) is 0 Å². The zero-order valence-electron chi connectivity index (χ0n) is 20.0. The molecule has 10 heteroatoms. The molecular formula is C27H22F3NO6. The fraction of sp³-hybridized carbons (Fsp3) is 0.185. The number of halogens is 3. The van der Waals surface area contributed by atoms with Gasteiger partial charge in [0.1, 0.15) is 23.0 Å². The molecule has 1 atom stereocenters. The number of alkyl halides is 3. The van der Waals surface area contributed by atoms with Crippen molar-refractivity contribution >= 4 is 23.1 Å². The van der Waals surface area contributed by atoms with Crippen LogP contribution in [0.25, 0.3) is 5.76 Å². The topological polar surface area (TPSA) is 85.3 Å². The van der Waals surface area contributed by atoms with Gasteiger partial charge in [-0.1, -0.05) is 18.2 Å². The Hall–Kier alpha value is -4.47. The third-order valence-corrected chi connectivity index (χ3v) is 5.97. The average Bonchev–Trinajstić information content (AvgIpc) is 3.17. The molecule has 0 spiro atoms. The Morgan fingerprint density at radius 1 is 0.865 bits per heavy atom. The van der Waals surface area contributed by atoms with Crippen LogP contribution >= 0.6 is 0 Å². The largest absolute Gasteiger partial charge is 0.507 e. The molecule has 1 heterocycles. The molecule has 0 aromatic heterocycles. The maximum Gasteiger partial charge on any atom is 0.416 e. The molecule has 0 saturated carbocycles. The third-order valence-electron chi connectivity index (χ3n) is 5.97. The molecule has 1 fully saturated rings.